The summed E-state index contributed by atoms with van der Waals surface area (Å²) in [5, 5.41) is 0. The number of carbonyl (C=O) groups excluding carboxylic acids is 1. The van der Waals surface area contributed by atoms with Gasteiger partial charge in [0.15, 0.2) is 5.60 Å². The van der Waals surface area contributed by atoms with E-state index in [1.807, 2.05) is 6.92 Å². The zero-order valence-corrected chi connectivity index (χ0v) is 22.1. The Morgan fingerprint density at radius 3 is 2.19 bits per heavy atom. The highest BCUT2D eigenvalue weighted by molar-refractivity contribution is 5.87. The number of carbonyl (C=O) groups is 1. The number of ether oxygens (including phenoxy) is 1. The molecule has 190 valence electrons. The standard InChI is InChI=1S/C31H37NO4/c1-6-34-28(33)16-32-26-8-7-17(2)20(5)29(26)31(25-9-18(3)19(4)10-27(25)32)30(35-36-31)23-12-21-11-22(14-23)15-24(30)13-21/h7-10,21-24H,6,11-16H2,1-5H3. The van der Waals surface area contributed by atoms with Crippen LogP contribution >= 0.6 is 0 Å². The lowest BCUT2D eigenvalue weighted by molar-refractivity contribution is -0.583. The van der Waals surface area contributed by atoms with Crippen LogP contribution in [0.25, 0.3) is 0 Å². The number of nitrogens with zero attached hydrogens (tertiary/aromatic N) is 1. The zero-order valence-electron chi connectivity index (χ0n) is 22.1. The first kappa shape index (κ1) is 22.8. The summed E-state index contributed by atoms with van der Waals surface area (Å²) >= 11 is 0. The van der Waals surface area contributed by atoms with Crippen LogP contribution in [0.1, 0.15) is 72.4 Å². The van der Waals surface area contributed by atoms with Crippen LogP contribution in [0, 0.1) is 51.4 Å². The van der Waals surface area contributed by atoms with Crippen molar-refractivity contribution in [3.05, 3.63) is 57.6 Å². The van der Waals surface area contributed by atoms with E-state index in [1.165, 1.54) is 59.9 Å². The Morgan fingerprint density at radius 2 is 1.58 bits per heavy atom. The van der Waals surface area contributed by atoms with Crippen LogP contribution in [-0.4, -0.2) is 24.7 Å². The van der Waals surface area contributed by atoms with Gasteiger partial charge in [0.2, 0.25) is 0 Å². The third-order valence-corrected chi connectivity index (χ3v) is 10.4. The van der Waals surface area contributed by atoms with E-state index in [4.69, 9.17) is 14.5 Å². The van der Waals surface area contributed by atoms with Crippen LogP contribution < -0.4 is 4.90 Å². The van der Waals surface area contributed by atoms with Gasteiger partial charge in [-0.05, 0) is 125 Å². The SMILES string of the molecule is CCOC(=O)CN1c2cc(C)c(C)cc2C2(OOC23C2CC4CC(C2)CC3C4)c2c1ccc(C)c2C. The van der Waals surface area contributed by atoms with E-state index in [0.717, 1.165) is 28.8 Å². The molecule has 2 aromatic carbocycles. The monoisotopic (exact) mass is 487 g/mol. The van der Waals surface area contributed by atoms with Crippen LogP contribution in [0.4, 0.5) is 11.4 Å². The number of esters is 1. The summed E-state index contributed by atoms with van der Waals surface area (Å²) in [6, 6.07) is 8.93. The Balaban J connectivity index is 1.51. The quantitative estimate of drug-likeness (QED) is 0.374. The predicted octanol–water partition coefficient (Wildman–Crippen LogP) is 6.34. The summed E-state index contributed by atoms with van der Waals surface area (Å²) < 4.78 is 5.43. The number of benzene rings is 2. The molecule has 2 aromatic rings. The molecule has 8 rings (SSSR count). The lowest BCUT2D eigenvalue weighted by atomic mass is 9.43. The predicted molar refractivity (Wildman–Crippen MR) is 138 cm³/mol. The molecule has 1 unspecified atom stereocenters. The van der Waals surface area contributed by atoms with Crippen molar-refractivity contribution in [2.45, 2.75) is 77.9 Å². The second-order valence-corrected chi connectivity index (χ2v) is 12.2. The Labute approximate surface area is 214 Å². The molecule has 1 atom stereocenters. The van der Waals surface area contributed by atoms with E-state index in [0.29, 0.717) is 18.4 Å². The van der Waals surface area contributed by atoms with Gasteiger partial charge in [-0.15, -0.1) is 0 Å². The van der Waals surface area contributed by atoms with Crippen molar-refractivity contribution >= 4 is 17.3 Å². The van der Waals surface area contributed by atoms with Crippen LogP contribution in [0.2, 0.25) is 0 Å². The number of rotatable bonds is 3. The lowest BCUT2D eigenvalue weighted by Crippen LogP contribution is -2.77. The Kier molecular flexibility index (Phi) is 4.80. The van der Waals surface area contributed by atoms with Crippen molar-refractivity contribution in [3.8, 4) is 0 Å². The van der Waals surface area contributed by atoms with E-state index in [2.05, 4.69) is 56.9 Å². The van der Waals surface area contributed by atoms with Gasteiger partial charge in [-0.2, -0.15) is 0 Å². The van der Waals surface area contributed by atoms with Crippen LogP contribution in [-0.2, 0) is 24.9 Å². The van der Waals surface area contributed by atoms with Gasteiger partial charge < -0.3 is 9.64 Å². The van der Waals surface area contributed by atoms with Crippen LogP contribution in [0.15, 0.2) is 24.3 Å². The summed E-state index contributed by atoms with van der Waals surface area (Å²) in [7, 11) is 0. The van der Waals surface area contributed by atoms with Gasteiger partial charge in [-0.25, -0.2) is 9.78 Å². The smallest absolute Gasteiger partial charge is 0.325 e. The summed E-state index contributed by atoms with van der Waals surface area (Å²) in [5.41, 5.74) is 8.40. The Morgan fingerprint density at radius 1 is 0.917 bits per heavy atom. The fourth-order valence-corrected chi connectivity index (χ4v) is 8.86. The van der Waals surface area contributed by atoms with Crippen LogP contribution in [0.5, 0.6) is 0 Å². The third kappa shape index (κ3) is 2.66. The van der Waals surface area contributed by atoms with E-state index >= 15 is 0 Å². The zero-order chi connectivity index (χ0) is 25.0. The average Bonchev–Trinajstić information content (AvgIpc) is 2.82. The maximum atomic E-state index is 12.9. The fourth-order valence-electron chi connectivity index (χ4n) is 8.86. The molecular formula is C31H37NO4. The van der Waals surface area contributed by atoms with Crippen LogP contribution in [0.3, 0.4) is 0 Å². The molecule has 5 heteroatoms. The molecule has 36 heavy (non-hydrogen) atoms. The molecular weight excluding hydrogens is 450 g/mol. The Hall–Kier alpha value is -2.37. The van der Waals surface area contributed by atoms with Crippen molar-refractivity contribution in [3.63, 3.8) is 0 Å². The average molecular weight is 488 g/mol. The highest BCUT2D eigenvalue weighted by Crippen LogP contribution is 2.73. The third-order valence-electron chi connectivity index (χ3n) is 10.4. The molecule has 0 N–H and O–H groups in total. The molecule has 1 saturated heterocycles. The van der Waals surface area contributed by atoms with Crippen molar-refractivity contribution < 1.29 is 19.3 Å². The summed E-state index contributed by atoms with van der Waals surface area (Å²) in [5.74, 6) is 2.46. The van der Waals surface area contributed by atoms with Crippen molar-refractivity contribution in [2.75, 3.05) is 18.1 Å². The molecule has 5 nitrogen and oxygen atoms in total. The van der Waals surface area contributed by atoms with Gasteiger partial charge >= 0.3 is 5.97 Å². The van der Waals surface area contributed by atoms with Gasteiger partial charge in [-0.1, -0.05) is 12.1 Å². The molecule has 0 radical (unpaired) electrons. The number of hydrogen-bond acceptors (Lipinski definition) is 5. The first-order valence-electron chi connectivity index (χ1n) is 13.8. The van der Waals surface area contributed by atoms with Crippen molar-refractivity contribution in [2.24, 2.45) is 23.7 Å². The normalized spacial score (nSPS) is 35.1. The highest BCUT2D eigenvalue weighted by atomic mass is 17.3. The van der Waals surface area contributed by atoms with Gasteiger partial charge in [0, 0.05) is 22.5 Å². The van der Waals surface area contributed by atoms with E-state index in [1.54, 1.807) is 0 Å². The molecule has 2 spiro atoms. The van der Waals surface area contributed by atoms with Crippen molar-refractivity contribution in [1.82, 2.24) is 0 Å². The molecule has 2 aliphatic heterocycles. The number of aryl methyl sites for hydroxylation is 3. The molecule has 4 aliphatic carbocycles. The molecule has 4 bridgehead atoms. The van der Waals surface area contributed by atoms with Gasteiger partial charge in [0.25, 0.3) is 0 Å². The topological polar surface area (TPSA) is 48.0 Å². The second-order valence-electron chi connectivity index (χ2n) is 12.2. The van der Waals surface area contributed by atoms with Crippen molar-refractivity contribution in [1.29, 1.82) is 0 Å². The van der Waals surface area contributed by atoms with E-state index < -0.39 is 5.60 Å². The lowest BCUT2D eigenvalue weighted by Gasteiger charge is -2.71. The minimum atomic E-state index is -0.653. The first-order valence-corrected chi connectivity index (χ1v) is 13.8. The molecule has 0 aromatic heterocycles. The number of fused-ring (bicyclic) bond motifs is 4. The molecule has 0 amide bonds. The first-order chi connectivity index (χ1) is 17.3. The molecule has 2 heterocycles. The van der Waals surface area contributed by atoms with Gasteiger partial charge in [0.1, 0.15) is 12.1 Å². The highest BCUT2D eigenvalue weighted by Gasteiger charge is 2.78. The maximum Gasteiger partial charge on any atom is 0.325 e. The van der Waals surface area contributed by atoms with E-state index in [9.17, 15) is 4.79 Å². The maximum absolute atomic E-state index is 12.9. The number of hydrogen-bond donors (Lipinski definition) is 0. The molecule has 5 fully saturated rings. The van der Waals surface area contributed by atoms with Gasteiger partial charge in [-0.3, -0.25) is 4.79 Å². The fraction of sp³-hybridized carbons (Fsp3) is 0.581. The summed E-state index contributed by atoms with van der Waals surface area (Å²) in [6.45, 7) is 11.1. The molecule has 4 saturated carbocycles. The second kappa shape index (κ2) is 7.58. The summed E-state index contributed by atoms with van der Waals surface area (Å²) in [6.07, 6.45) is 6.36. The largest absolute Gasteiger partial charge is 0.465 e. The van der Waals surface area contributed by atoms with Gasteiger partial charge in [0.05, 0.1) is 6.61 Å². The minimum absolute atomic E-state index is 0.180. The minimum Gasteiger partial charge on any atom is -0.465 e. The summed E-state index contributed by atoms with van der Waals surface area (Å²) in [4.78, 5) is 28.1. The number of anilines is 2. The molecule has 6 aliphatic rings. The van der Waals surface area contributed by atoms with E-state index in [-0.39, 0.29) is 18.1 Å². The Bertz CT molecular complexity index is 1250.